The third-order valence-electron chi connectivity index (χ3n) is 1.29. The Balaban J connectivity index is 2.81. The fourth-order valence-corrected chi connectivity index (χ4v) is 1.05. The predicted octanol–water partition coefficient (Wildman–Crippen LogP) is 0.836. The maximum atomic E-state index is 12.8. The minimum absolute atomic E-state index is 0.379. The first-order valence-corrected chi connectivity index (χ1v) is 5.35. The molecule has 0 bridgehead atoms. The Morgan fingerprint density at radius 2 is 2.07 bits per heavy atom. The summed E-state index contributed by atoms with van der Waals surface area (Å²) in [4.78, 5) is 3.14. The van der Waals surface area contributed by atoms with Gasteiger partial charge in [-0.3, -0.25) is 4.18 Å². The molecule has 0 aromatic carbocycles. The van der Waals surface area contributed by atoms with Gasteiger partial charge in [-0.05, 0) is 12.1 Å². The first-order valence-electron chi connectivity index (χ1n) is 3.54. The van der Waals surface area contributed by atoms with E-state index >= 15 is 0 Å². The summed E-state index contributed by atoms with van der Waals surface area (Å²) in [5, 5.41) is 0. The fourth-order valence-electron chi connectivity index (χ4n) is 0.722. The van der Waals surface area contributed by atoms with Gasteiger partial charge in [-0.2, -0.15) is 12.8 Å². The molecule has 14 heavy (non-hydrogen) atoms. The summed E-state index contributed by atoms with van der Waals surface area (Å²) in [7, 11) is -3.68. The van der Waals surface area contributed by atoms with Crippen molar-refractivity contribution in [2.45, 2.75) is 6.61 Å². The van der Waals surface area contributed by atoms with Gasteiger partial charge in [-0.15, -0.1) is 0 Å². The normalized spacial score (nSPS) is 11.6. The molecule has 1 aromatic rings. The lowest BCUT2D eigenvalue weighted by atomic mass is 10.3. The van der Waals surface area contributed by atoms with Crippen LogP contribution in [-0.2, 0) is 20.9 Å². The van der Waals surface area contributed by atoms with Crippen LogP contribution in [0.15, 0.2) is 12.1 Å². The second-order valence-electron chi connectivity index (χ2n) is 2.53. The van der Waals surface area contributed by atoms with Crippen LogP contribution >= 0.6 is 0 Å². The lowest BCUT2D eigenvalue weighted by Crippen LogP contribution is -2.06. The van der Waals surface area contributed by atoms with E-state index in [1.807, 2.05) is 0 Å². The van der Waals surface area contributed by atoms with Crippen LogP contribution in [0, 0.1) is 11.8 Å². The predicted molar refractivity (Wildman–Crippen MR) is 43.8 cm³/mol. The molecule has 0 aliphatic carbocycles. The smallest absolute Gasteiger partial charge is 0.264 e. The van der Waals surface area contributed by atoms with E-state index in [1.165, 1.54) is 0 Å². The van der Waals surface area contributed by atoms with Crippen LogP contribution < -0.4 is 0 Å². The molecular formula is C7H7F2NO3S. The van der Waals surface area contributed by atoms with Gasteiger partial charge in [-0.25, -0.2) is 9.37 Å². The molecule has 0 spiro atoms. The van der Waals surface area contributed by atoms with E-state index in [0.29, 0.717) is 0 Å². The second kappa shape index (κ2) is 3.97. The Kier molecular flexibility index (Phi) is 3.12. The van der Waals surface area contributed by atoms with Crippen molar-refractivity contribution in [3.63, 3.8) is 0 Å². The molecule has 0 unspecified atom stereocenters. The van der Waals surface area contributed by atoms with Crippen LogP contribution in [0.4, 0.5) is 8.78 Å². The maximum Gasteiger partial charge on any atom is 0.264 e. The van der Waals surface area contributed by atoms with Gasteiger partial charge in [0.2, 0.25) is 5.95 Å². The number of aromatic nitrogens is 1. The third kappa shape index (κ3) is 3.35. The van der Waals surface area contributed by atoms with Gasteiger partial charge in [0, 0.05) is 0 Å². The molecule has 0 aliphatic rings. The second-order valence-corrected chi connectivity index (χ2v) is 4.17. The van der Waals surface area contributed by atoms with Crippen molar-refractivity contribution >= 4 is 10.1 Å². The van der Waals surface area contributed by atoms with Gasteiger partial charge in [0.25, 0.3) is 10.1 Å². The zero-order chi connectivity index (χ0) is 10.8. The molecule has 0 aliphatic heterocycles. The molecule has 0 saturated heterocycles. The van der Waals surface area contributed by atoms with Gasteiger partial charge in [0.1, 0.15) is 18.1 Å². The Morgan fingerprint density at radius 3 is 2.64 bits per heavy atom. The monoisotopic (exact) mass is 223 g/mol. The average Bonchev–Trinajstić information content (AvgIpc) is 2.05. The summed E-state index contributed by atoms with van der Waals surface area (Å²) in [5.41, 5.74) is -0.379. The van der Waals surface area contributed by atoms with Gasteiger partial charge in [-0.1, -0.05) is 0 Å². The van der Waals surface area contributed by atoms with Gasteiger partial charge in [0.05, 0.1) is 6.26 Å². The number of nitrogens with zero attached hydrogens (tertiary/aromatic N) is 1. The highest BCUT2D eigenvalue weighted by atomic mass is 32.2. The Bertz CT molecular complexity index is 433. The van der Waals surface area contributed by atoms with Gasteiger partial charge in [0.15, 0.2) is 0 Å². The molecule has 1 rings (SSSR count). The maximum absolute atomic E-state index is 12.8. The lowest BCUT2D eigenvalue weighted by Gasteiger charge is -2.01. The first kappa shape index (κ1) is 11.0. The van der Waals surface area contributed by atoms with Crippen LogP contribution in [0.25, 0.3) is 0 Å². The SMILES string of the molecule is CS(=O)(=O)OCc1nc(F)ccc1F. The van der Waals surface area contributed by atoms with E-state index in [1.54, 1.807) is 0 Å². The van der Waals surface area contributed by atoms with E-state index in [-0.39, 0.29) is 5.69 Å². The summed E-state index contributed by atoms with van der Waals surface area (Å²) < 4.78 is 50.6. The zero-order valence-corrected chi connectivity index (χ0v) is 8.01. The number of hydrogen-bond donors (Lipinski definition) is 0. The van der Waals surface area contributed by atoms with Crippen LogP contribution in [0.5, 0.6) is 0 Å². The Morgan fingerprint density at radius 1 is 1.43 bits per heavy atom. The van der Waals surface area contributed by atoms with E-state index in [9.17, 15) is 17.2 Å². The van der Waals surface area contributed by atoms with Crippen molar-refractivity contribution in [1.82, 2.24) is 4.98 Å². The standard InChI is InChI=1S/C7H7F2NO3S/c1-14(11,12)13-4-6-5(8)2-3-7(9)10-6/h2-3H,4H2,1H3. The molecule has 0 atom stereocenters. The van der Waals surface area contributed by atoms with Crippen molar-refractivity contribution in [3.05, 3.63) is 29.6 Å². The Hall–Kier alpha value is -1.08. The number of halogens is 2. The molecule has 0 saturated carbocycles. The first-order chi connectivity index (χ1) is 6.38. The van der Waals surface area contributed by atoms with E-state index in [2.05, 4.69) is 9.17 Å². The van der Waals surface area contributed by atoms with E-state index in [0.717, 1.165) is 18.4 Å². The molecule has 4 nitrogen and oxygen atoms in total. The highest BCUT2D eigenvalue weighted by Gasteiger charge is 2.09. The van der Waals surface area contributed by atoms with Crippen LogP contribution in [0.3, 0.4) is 0 Å². The van der Waals surface area contributed by atoms with Crippen LogP contribution in [-0.4, -0.2) is 19.7 Å². The Labute approximate surface area is 79.7 Å². The third-order valence-corrected chi connectivity index (χ3v) is 1.84. The largest absolute Gasteiger partial charge is 0.264 e. The summed E-state index contributed by atoms with van der Waals surface area (Å²) in [6.45, 7) is -0.609. The highest BCUT2D eigenvalue weighted by Crippen LogP contribution is 2.07. The lowest BCUT2D eigenvalue weighted by molar-refractivity contribution is 0.298. The molecular weight excluding hydrogens is 216 g/mol. The van der Waals surface area contributed by atoms with E-state index in [4.69, 9.17) is 0 Å². The van der Waals surface area contributed by atoms with Gasteiger partial charge < -0.3 is 0 Å². The summed E-state index contributed by atoms with van der Waals surface area (Å²) in [6.07, 6.45) is 0.810. The highest BCUT2D eigenvalue weighted by molar-refractivity contribution is 7.85. The molecule has 1 aromatic heterocycles. The number of hydrogen-bond acceptors (Lipinski definition) is 4. The van der Waals surface area contributed by atoms with Crippen molar-refractivity contribution in [3.8, 4) is 0 Å². The molecule has 0 N–H and O–H groups in total. The minimum Gasteiger partial charge on any atom is -0.264 e. The minimum atomic E-state index is -3.68. The zero-order valence-electron chi connectivity index (χ0n) is 7.20. The topological polar surface area (TPSA) is 56.3 Å². The summed E-state index contributed by atoms with van der Waals surface area (Å²) >= 11 is 0. The molecule has 1 heterocycles. The van der Waals surface area contributed by atoms with Crippen molar-refractivity contribution in [2.24, 2.45) is 0 Å². The van der Waals surface area contributed by atoms with Gasteiger partial charge >= 0.3 is 0 Å². The van der Waals surface area contributed by atoms with Crippen LogP contribution in [0.2, 0.25) is 0 Å². The summed E-state index contributed by atoms with van der Waals surface area (Å²) in [6, 6.07) is 1.68. The molecule has 0 amide bonds. The molecule has 0 radical (unpaired) electrons. The average molecular weight is 223 g/mol. The number of pyridine rings is 1. The molecule has 78 valence electrons. The van der Waals surface area contributed by atoms with Crippen molar-refractivity contribution in [2.75, 3.05) is 6.26 Å². The van der Waals surface area contributed by atoms with Crippen molar-refractivity contribution < 1.29 is 21.4 Å². The fraction of sp³-hybridized carbons (Fsp3) is 0.286. The molecule has 7 heteroatoms. The van der Waals surface area contributed by atoms with Crippen molar-refractivity contribution in [1.29, 1.82) is 0 Å². The molecule has 0 fully saturated rings. The number of rotatable bonds is 3. The quantitative estimate of drug-likeness (QED) is 0.562. The van der Waals surface area contributed by atoms with E-state index < -0.39 is 28.5 Å². The van der Waals surface area contributed by atoms with Crippen LogP contribution in [0.1, 0.15) is 5.69 Å². The summed E-state index contributed by atoms with van der Waals surface area (Å²) in [5.74, 6) is -1.70.